The van der Waals surface area contributed by atoms with Crippen LogP contribution >= 0.6 is 0 Å². The lowest BCUT2D eigenvalue weighted by molar-refractivity contribution is -0.393. The Labute approximate surface area is 122 Å². The van der Waals surface area contributed by atoms with Crippen LogP contribution in [-0.4, -0.2) is 15.6 Å². The molecule has 0 aromatic heterocycles. The molecule has 1 unspecified atom stereocenters. The van der Waals surface area contributed by atoms with Gasteiger partial charge in [0.25, 0.3) is 5.69 Å². The number of hydrogen-bond donors (Lipinski definition) is 1. The highest BCUT2D eigenvalue weighted by atomic mass is 16.6. The summed E-state index contributed by atoms with van der Waals surface area (Å²) in [6.07, 6.45) is 1.80. The van der Waals surface area contributed by atoms with Gasteiger partial charge < -0.3 is 0 Å². The zero-order valence-electron chi connectivity index (χ0n) is 12.2. The second kappa shape index (κ2) is 7.32. The quantitative estimate of drug-likeness (QED) is 0.468. The van der Waals surface area contributed by atoms with Crippen LogP contribution in [0.15, 0.2) is 23.3 Å². The van der Waals surface area contributed by atoms with Gasteiger partial charge in [0, 0.05) is 11.8 Å². The maximum atomic E-state index is 11.0. The number of hydrazone groups is 1. The summed E-state index contributed by atoms with van der Waals surface area (Å²) in [6.45, 7) is 6.00. The number of benzene rings is 1. The zero-order valence-corrected chi connectivity index (χ0v) is 12.2. The first-order valence-electron chi connectivity index (χ1n) is 6.57. The van der Waals surface area contributed by atoms with E-state index in [0.717, 1.165) is 24.6 Å². The van der Waals surface area contributed by atoms with Crippen molar-refractivity contribution in [1.29, 1.82) is 0 Å². The highest BCUT2D eigenvalue weighted by molar-refractivity contribution is 5.83. The third kappa shape index (κ3) is 4.83. The van der Waals surface area contributed by atoms with E-state index in [-0.39, 0.29) is 17.1 Å². The van der Waals surface area contributed by atoms with Crippen molar-refractivity contribution in [3.8, 4) is 0 Å². The summed E-state index contributed by atoms with van der Waals surface area (Å²) in [7, 11) is 0. The predicted molar refractivity (Wildman–Crippen MR) is 80.6 cm³/mol. The largest absolute Gasteiger partial charge is 0.301 e. The molecule has 114 valence electrons. The van der Waals surface area contributed by atoms with Crippen LogP contribution in [0.25, 0.3) is 0 Å². The molecule has 1 N–H and O–H groups in total. The smallest absolute Gasteiger partial charge is 0.272 e. The monoisotopic (exact) mass is 294 g/mol. The van der Waals surface area contributed by atoms with E-state index >= 15 is 0 Å². The normalized spacial score (nSPS) is 12.8. The Kier molecular flexibility index (Phi) is 5.77. The fraction of sp³-hybridized carbons (Fsp3) is 0.462. The number of non-ortho nitro benzene ring substituents is 1. The molecular weight excluding hydrogens is 276 g/mol. The molecule has 0 aliphatic rings. The van der Waals surface area contributed by atoms with Crippen molar-refractivity contribution in [3.05, 3.63) is 38.4 Å². The zero-order chi connectivity index (χ0) is 16.0. The van der Waals surface area contributed by atoms with Crippen LogP contribution < -0.4 is 5.43 Å². The molecule has 8 nitrogen and oxygen atoms in total. The number of nitro groups is 2. The van der Waals surface area contributed by atoms with Crippen LogP contribution in [0.1, 0.15) is 33.6 Å². The van der Waals surface area contributed by atoms with Crippen molar-refractivity contribution in [1.82, 2.24) is 0 Å². The maximum absolute atomic E-state index is 11.0. The summed E-state index contributed by atoms with van der Waals surface area (Å²) in [6, 6.07) is 3.41. The van der Waals surface area contributed by atoms with Gasteiger partial charge in [0.1, 0.15) is 5.69 Å². The second-order valence-electron chi connectivity index (χ2n) is 4.89. The van der Waals surface area contributed by atoms with Gasteiger partial charge >= 0.3 is 5.69 Å². The fourth-order valence-corrected chi connectivity index (χ4v) is 1.73. The molecule has 0 radical (unpaired) electrons. The molecule has 1 rings (SSSR count). The molecule has 0 amide bonds. The molecule has 0 spiro atoms. The first-order valence-corrected chi connectivity index (χ1v) is 6.57. The number of anilines is 1. The first-order chi connectivity index (χ1) is 9.85. The van der Waals surface area contributed by atoms with E-state index < -0.39 is 9.85 Å². The average Bonchev–Trinajstić information content (AvgIpc) is 2.44. The summed E-state index contributed by atoms with van der Waals surface area (Å²) in [5.41, 5.74) is 2.87. The number of nitro benzene ring substituents is 2. The topological polar surface area (TPSA) is 111 Å². The molecule has 0 saturated heterocycles. The van der Waals surface area contributed by atoms with Gasteiger partial charge in [-0.3, -0.25) is 25.7 Å². The van der Waals surface area contributed by atoms with E-state index in [4.69, 9.17) is 0 Å². The van der Waals surface area contributed by atoms with Gasteiger partial charge in [-0.15, -0.1) is 0 Å². The van der Waals surface area contributed by atoms with Gasteiger partial charge in [0.15, 0.2) is 0 Å². The molecule has 21 heavy (non-hydrogen) atoms. The Morgan fingerprint density at radius 3 is 2.52 bits per heavy atom. The van der Waals surface area contributed by atoms with Crippen molar-refractivity contribution < 1.29 is 9.85 Å². The highest BCUT2D eigenvalue weighted by Gasteiger charge is 2.19. The Morgan fingerprint density at radius 2 is 2.00 bits per heavy atom. The molecule has 0 fully saturated rings. The summed E-state index contributed by atoms with van der Waals surface area (Å²) in [5.74, 6) is 0.474. The minimum Gasteiger partial charge on any atom is -0.272 e. The first kappa shape index (κ1) is 16.5. The number of nitrogens with one attached hydrogen (secondary N) is 1. The Morgan fingerprint density at radius 1 is 1.33 bits per heavy atom. The van der Waals surface area contributed by atoms with Crippen LogP contribution in [0.3, 0.4) is 0 Å². The van der Waals surface area contributed by atoms with Gasteiger partial charge in [0.2, 0.25) is 0 Å². The summed E-state index contributed by atoms with van der Waals surface area (Å²) in [4.78, 5) is 20.3. The third-order valence-corrected chi connectivity index (χ3v) is 3.10. The molecule has 1 aromatic rings. The van der Waals surface area contributed by atoms with Gasteiger partial charge in [-0.25, -0.2) is 0 Å². The summed E-state index contributed by atoms with van der Waals surface area (Å²) >= 11 is 0. The second-order valence-corrected chi connectivity index (χ2v) is 4.89. The van der Waals surface area contributed by atoms with E-state index in [1.165, 1.54) is 12.1 Å². The van der Waals surface area contributed by atoms with Crippen molar-refractivity contribution in [2.75, 3.05) is 5.43 Å². The van der Waals surface area contributed by atoms with E-state index in [0.29, 0.717) is 5.92 Å². The predicted octanol–water partition coefficient (Wildman–Crippen LogP) is 3.73. The molecule has 0 bridgehead atoms. The van der Waals surface area contributed by atoms with Crippen LogP contribution in [0, 0.1) is 26.1 Å². The van der Waals surface area contributed by atoms with Crippen molar-refractivity contribution >= 4 is 22.8 Å². The molecule has 0 saturated carbocycles. The molecule has 8 heteroatoms. The molecule has 1 aromatic carbocycles. The van der Waals surface area contributed by atoms with E-state index in [1.807, 2.05) is 6.92 Å². The molecule has 0 heterocycles. The third-order valence-electron chi connectivity index (χ3n) is 3.10. The SMILES string of the molecule is CCC(C)C/C(C)=N/Nc1ccc([N+](=O)[O-])cc1[N+](=O)[O-]. The Bertz CT molecular complexity index is 571. The fourth-order valence-electron chi connectivity index (χ4n) is 1.73. The lowest BCUT2D eigenvalue weighted by atomic mass is 10.0. The number of rotatable bonds is 7. The Hall–Kier alpha value is -2.51. The van der Waals surface area contributed by atoms with E-state index in [1.54, 1.807) is 0 Å². The van der Waals surface area contributed by atoms with Crippen molar-refractivity contribution in [2.45, 2.75) is 33.6 Å². The number of nitrogens with zero attached hydrogens (tertiary/aromatic N) is 3. The van der Waals surface area contributed by atoms with Gasteiger partial charge in [-0.05, 0) is 25.3 Å². The van der Waals surface area contributed by atoms with E-state index in [2.05, 4.69) is 24.4 Å². The molecule has 0 aliphatic heterocycles. The molecule has 0 aliphatic carbocycles. The summed E-state index contributed by atoms with van der Waals surface area (Å²) in [5, 5.41) is 25.7. The van der Waals surface area contributed by atoms with Crippen molar-refractivity contribution in [2.24, 2.45) is 11.0 Å². The molecule has 1 atom stereocenters. The van der Waals surface area contributed by atoms with Gasteiger partial charge in [0.05, 0.1) is 15.9 Å². The lowest BCUT2D eigenvalue weighted by Gasteiger charge is -2.08. The Balaban J connectivity index is 2.95. The minimum absolute atomic E-state index is 0.133. The minimum atomic E-state index is -0.672. The highest BCUT2D eigenvalue weighted by Crippen LogP contribution is 2.28. The lowest BCUT2D eigenvalue weighted by Crippen LogP contribution is -2.05. The van der Waals surface area contributed by atoms with Crippen LogP contribution in [0.5, 0.6) is 0 Å². The van der Waals surface area contributed by atoms with Crippen LogP contribution in [0.4, 0.5) is 17.1 Å². The average molecular weight is 294 g/mol. The standard InChI is InChI=1S/C13H18N4O4/c1-4-9(2)7-10(3)14-15-12-6-5-11(16(18)19)8-13(12)17(20)21/h5-6,8-9,15H,4,7H2,1-3H3/b14-10+. The van der Waals surface area contributed by atoms with Crippen molar-refractivity contribution in [3.63, 3.8) is 0 Å². The maximum Gasteiger partial charge on any atom is 0.301 e. The summed E-state index contributed by atoms with van der Waals surface area (Å²) < 4.78 is 0. The molecular formula is C13H18N4O4. The van der Waals surface area contributed by atoms with E-state index in [9.17, 15) is 20.2 Å². The van der Waals surface area contributed by atoms with Crippen LogP contribution in [-0.2, 0) is 0 Å². The van der Waals surface area contributed by atoms with Crippen LogP contribution in [0.2, 0.25) is 0 Å². The van der Waals surface area contributed by atoms with Gasteiger partial charge in [-0.1, -0.05) is 20.3 Å². The number of hydrogen-bond acceptors (Lipinski definition) is 6. The van der Waals surface area contributed by atoms with Gasteiger partial charge in [-0.2, -0.15) is 5.10 Å².